The molecule has 0 aliphatic heterocycles. The van der Waals surface area contributed by atoms with Crippen LogP contribution in [-0.4, -0.2) is 19.6 Å². The molecule has 1 aromatic heterocycles. The molecule has 16 heavy (non-hydrogen) atoms. The van der Waals surface area contributed by atoms with E-state index in [9.17, 15) is 4.79 Å². The molecule has 4 nitrogen and oxygen atoms in total. The third kappa shape index (κ3) is 4.43. The molecular formula is C11H14N2O2S. The van der Waals surface area contributed by atoms with Crippen molar-refractivity contribution in [1.82, 2.24) is 5.32 Å². The Morgan fingerprint density at radius 1 is 1.62 bits per heavy atom. The quantitative estimate of drug-likeness (QED) is 0.605. The molecule has 0 spiro atoms. The van der Waals surface area contributed by atoms with Crippen LogP contribution in [0.5, 0.6) is 0 Å². The van der Waals surface area contributed by atoms with E-state index in [1.165, 1.54) is 18.4 Å². The molecule has 1 rings (SSSR count). The van der Waals surface area contributed by atoms with Gasteiger partial charge < -0.3 is 10.1 Å². The van der Waals surface area contributed by atoms with E-state index in [4.69, 9.17) is 5.26 Å². The van der Waals surface area contributed by atoms with Crippen molar-refractivity contribution in [2.24, 2.45) is 0 Å². The second-order valence-corrected chi connectivity index (χ2v) is 4.40. The van der Waals surface area contributed by atoms with Crippen LogP contribution in [0, 0.1) is 11.3 Å². The predicted molar refractivity (Wildman–Crippen MR) is 62.0 cm³/mol. The van der Waals surface area contributed by atoms with Crippen molar-refractivity contribution >= 4 is 17.3 Å². The van der Waals surface area contributed by atoms with E-state index in [-0.39, 0.29) is 5.97 Å². The van der Waals surface area contributed by atoms with Crippen molar-refractivity contribution in [2.75, 3.05) is 13.7 Å². The molecule has 5 heteroatoms. The molecule has 0 atom stereocenters. The van der Waals surface area contributed by atoms with Gasteiger partial charge in [0.15, 0.2) is 0 Å². The first-order valence-electron chi connectivity index (χ1n) is 5.02. The van der Waals surface area contributed by atoms with Gasteiger partial charge in [-0.05, 0) is 25.1 Å². The lowest BCUT2D eigenvalue weighted by molar-refractivity contribution is -0.140. The number of nitriles is 1. The Morgan fingerprint density at radius 2 is 2.44 bits per heavy atom. The van der Waals surface area contributed by atoms with Gasteiger partial charge in [0.25, 0.3) is 0 Å². The first-order chi connectivity index (χ1) is 7.76. The smallest absolute Gasteiger partial charge is 0.305 e. The zero-order chi connectivity index (χ0) is 11.8. The van der Waals surface area contributed by atoms with E-state index < -0.39 is 0 Å². The molecule has 0 unspecified atom stereocenters. The summed E-state index contributed by atoms with van der Waals surface area (Å²) in [6.07, 6.45) is 1.21. The number of thiophene rings is 1. The lowest BCUT2D eigenvalue weighted by Gasteiger charge is -2.01. The molecule has 0 radical (unpaired) electrons. The highest BCUT2D eigenvalue weighted by molar-refractivity contribution is 7.12. The van der Waals surface area contributed by atoms with Crippen LogP contribution in [-0.2, 0) is 16.1 Å². The molecule has 0 bridgehead atoms. The zero-order valence-electron chi connectivity index (χ0n) is 9.16. The Labute approximate surface area is 98.8 Å². The van der Waals surface area contributed by atoms with E-state index in [0.717, 1.165) is 29.3 Å². The number of nitrogens with zero attached hydrogens (tertiary/aromatic N) is 1. The molecule has 0 aliphatic carbocycles. The van der Waals surface area contributed by atoms with Crippen LogP contribution in [0.25, 0.3) is 0 Å². The third-order valence-corrected chi connectivity index (χ3v) is 3.02. The normalized spacial score (nSPS) is 9.75. The fraction of sp³-hybridized carbons (Fsp3) is 0.455. The summed E-state index contributed by atoms with van der Waals surface area (Å²) in [6, 6.07) is 5.86. The van der Waals surface area contributed by atoms with Gasteiger partial charge in [-0.3, -0.25) is 4.79 Å². The largest absolute Gasteiger partial charge is 0.469 e. The molecule has 1 heterocycles. The van der Waals surface area contributed by atoms with Gasteiger partial charge in [-0.15, -0.1) is 11.3 Å². The number of nitrogens with one attached hydrogen (secondary N) is 1. The molecular weight excluding hydrogens is 224 g/mol. The second-order valence-electron chi connectivity index (χ2n) is 3.23. The fourth-order valence-corrected chi connectivity index (χ4v) is 1.98. The van der Waals surface area contributed by atoms with Crippen LogP contribution in [0.3, 0.4) is 0 Å². The van der Waals surface area contributed by atoms with Gasteiger partial charge in [-0.1, -0.05) is 0 Å². The Kier molecular flexibility index (Phi) is 5.54. The molecule has 86 valence electrons. The van der Waals surface area contributed by atoms with Crippen molar-refractivity contribution in [3.05, 3.63) is 21.9 Å². The highest BCUT2D eigenvalue weighted by Crippen LogP contribution is 2.14. The summed E-state index contributed by atoms with van der Waals surface area (Å²) in [5.41, 5.74) is 0. The summed E-state index contributed by atoms with van der Waals surface area (Å²) in [7, 11) is 1.39. The molecule has 1 aromatic rings. The van der Waals surface area contributed by atoms with E-state index in [0.29, 0.717) is 6.42 Å². The number of hydrogen-bond donors (Lipinski definition) is 1. The zero-order valence-corrected chi connectivity index (χ0v) is 9.97. The summed E-state index contributed by atoms with van der Waals surface area (Å²) in [4.78, 5) is 12.7. The number of ether oxygens (including phenoxy) is 1. The third-order valence-electron chi connectivity index (χ3n) is 2.03. The maximum Gasteiger partial charge on any atom is 0.305 e. The van der Waals surface area contributed by atoms with Crippen molar-refractivity contribution in [2.45, 2.75) is 19.4 Å². The molecule has 0 fully saturated rings. The lowest BCUT2D eigenvalue weighted by Crippen LogP contribution is -2.15. The number of hydrogen-bond acceptors (Lipinski definition) is 5. The van der Waals surface area contributed by atoms with Crippen LogP contribution in [0.4, 0.5) is 0 Å². The summed E-state index contributed by atoms with van der Waals surface area (Å²) in [6.45, 7) is 1.52. The molecule has 1 N–H and O–H groups in total. The Bertz CT molecular complexity index is 382. The van der Waals surface area contributed by atoms with E-state index >= 15 is 0 Å². The van der Waals surface area contributed by atoms with Crippen LogP contribution in [0.15, 0.2) is 12.1 Å². The lowest BCUT2D eigenvalue weighted by atomic mass is 10.3. The van der Waals surface area contributed by atoms with Gasteiger partial charge in [0.05, 0.1) is 7.11 Å². The first-order valence-corrected chi connectivity index (χ1v) is 5.84. The van der Waals surface area contributed by atoms with Gasteiger partial charge in [-0.25, -0.2) is 0 Å². The molecule has 0 amide bonds. The molecule has 0 aromatic carbocycles. The fourth-order valence-electron chi connectivity index (χ4n) is 1.20. The maximum atomic E-state index is 10.8. The number of methoxy groups -OCH3 is 1. The number of carbonyl (C=O) groups excluding carboxylic acids is 1. The minimum absolute atomic E-state index is 0.176. The Balaban J connectivity index is 2.12. The maximum absolute atomic E-state index is 10.8. The first kappa shape index (κ1) is 12.7. The van der Waals surface area contributed by atoms with Crippen LogP contribution < -0.4 is 5.32 Å². The highest BCUT2D eigenvalue weighted by Gasteiger charge is 2.00. The van der Waals surface area contributed by atoms with Crippen molar-refractivity contribution in [1.29, 1.82) is 5.26 Å². The minimum atomic E-state index is -0.176. The average molecular weight is 238 g/mol. The SMILES string of the molecule is COC(=O)CCCNCc1ccc(C#N)s1. The van der Waals surface area contributed by atoms with Gasteiger partial charge >= 0.3 is 5.97 Å². The molecule has 0 saturated carbocycles. The van der Waals surface area contributed by atoms with Gasteiger partial charge in [0.2, 0.25) is 0 Å². The van der Waals surface area contributed by atoms with E-state index in [1.54, 1.807) is 0 Å². The number of carbonyl (C=O) groups is 1. The van der Waals surface area contributed by atoms with Crippen LogP contribution >= 0.6 is 11.3 Å². The Morgan fingerprint density at radius 3 is 3.06 bits per heavy atom. The molecule has 0 aliphatic rings. The summed E-state index contributed by atoms with van der Waals surface area (Å²) < 4.78 is 4.53. The second kappa shape index (κ2) is 6.99. The van der Waals surface area contributed by atoms with Crippen LogP contribution in [0.2, 0.25) is 0 Å². The van der Waals surface area contributed by atoms with Gasteiger partial charge in [0, 0.05) is 17.8 Å². The van der Waals surface area contributed by atoms with Crippen molar-refractivity contribution < 1.29 is 9.53 Å². The molecule has 0 saturated heterocycles. The van der Waals surface area contributed by atoms with Crippen LogP contribution in [0.1, 0.15) is 22.6 Å². The summed E-state index contributed by atoms with van der Waals surface area (Å²) >= 11 is 1.49. The van der Waals surface area contributed by atoms with Crippen molar-refractivity contribution in [3.63, 3.8) is 0 Å². The van der Waals surface area contributed by atoms with Gasteiger partial charge in [0.1, 0.15) is 10.9 Å². The number of esters is 1. The summed E-state index contributed by atoms with van der Waals surface area (Å²) in [5.74, 6) is -0.176. The monoisotopic (exact) mass is 238 g/mol. The van der Waals surface area contributed by atoms with Gasteiger partial charge in [-0.2, -0.15) is 5.26 Å². The number of rotatable bonds is 6. The van der Waals surface area contributed by atoms with Crippen molar-refractivity contribution in [3.8, 4) is 6.07 Å². The topological polar surface area (TPSA) is 62.1 Å². The summed E-state index contributed by atoms with van der Waals surface area (Å²) in [5, 5.41) is 11.8. The van der Waals surface area contributed by atoms with E-state index in [1.807, 2.05) is 12.1 Å². The highest BCUT2D eigenvalue weighted by atomic mass is 32.1. The van der Waals surface area contributed by atoms with E-state index in [2.05, 4.69) is 16.1 Å². The average Bonchev–Trinajstić information content (AvgIpc) is 2.76. The predicted octanol–water partition coefficient (Wildman–Crippen LogP) is 1.66. The minimum Gasteiger partial charge on any atom is -0.469 e. The Hall–Kier alpha value is -1.38. The standard InChI is InChI=1S/C11H14N2O2S/c1-15-11(14)3-2-6-13-8-10-5-4-9(7-12)16-10/h4-5,13H,2-3,6,8H2,1H3.